The first-order valence-corrected chi connectivity index (χ1v) is 11.6. The van der Waals surface area contributed by atoms with Crippen molar-refractivity contribution in [1.82, 2.24) is 29.8 Å². The zero-order valence-electron chi connectivity index (χ0n) is 14.8. The highest BCUT2D eigenvalue weighted by Gasteiger charge is 2.28. The predicted molar refractivity (Wildman–Crippen MR) is 113 cm³/mol. The smallest absolute Gasteiger partial charge is 0.263 e. The van der Waals surface area contributed by atoms with Gasteiger partial charge in [-0.3, -0.25) is 9.36 Å². The molecule has 0 bridgehead atoms. The standard InChI is InChI=1S/C18H16N6OS3/c1-2-7-23-17(25)15-12(13-4-3-8-26-13)9-27-16(15)19-18(23)28-10-14-20-21-22-24(14)11-5-6-11/h2-4,8-9,11H,1,5-7,10H2. The third kappa shape index (κ3) is 3.11. The molecule has 0 spiro atoms. The van der Waals surface area contributed by atoms with Gasteiger partial charge >= 0.3 is 0 Å². The number of hydrogen-bond donors (Lipinski definition) is 0. The lowest BCUT2D eigenvalue weighted by molar-refractivity contribution is 0.593. The lowest BCUT2D eigenvalue weighted by Gasteiger charge is -2.10. The highest BCUT2D eigenvalue weighted by molar-refractivity contribution is 7.98. The van der Waals surface area contributed by atoms with Gasteiger partial charge in [0.25, 0.3) is 5.56 Å². The molecule has 0 amide bonds. The van der Waals surface area contributed by atoms with Crippen molar-refractivity contribution in [3.63, 3.8) is 0 Å². The molecule has 1 aliphatic rings. The Morgan fingerprint density at radius 2 is 2.25 bits per heavy atom. The highest BCUT2D eigenvalue weighted by Crippen LogP contribution is 2.36. The van der Waals surface area contributed by atoms with Crippen molar-refractivity contribution >= 4 is 44.7 Å². The van der Waals surface area contributed by atoms with Gasteiger partial charge < -0.3 is 0 Å². The van der Waals surface area contributed by atoms with Gasteiger partial charge in [-0.2, -0.15) is 0 Å². The van der Waals surface area contributed by atoms with Crippen LogP contribution in [0.4, 0.5) is 0 Å². The molecule has 1 fully saturated rings. The van der Waals surface area contributed by atoms with Crippen LogP contribution in [0.1, 0.15) is 24.7 Å². The molecule has 0 aliphatic heterocycles. The average molecular weight is 429 g/mol. The van der Waals surface area contributed by atoms with E-state index in [-0.39, 0.29) is 5.56 Å². The number of tetrazole rings is 1. The molecule has 0 radical (unpaired) electrons. The Bertz CT molecular complexity index is 1200. The van der Waals surface area contributed by atoms with Gasteiger partial charge in [0.2, 0.25) is 0 Å². The monoisotopic (exact) mass is 428 g/mol. The molecule has 7 nitrogen and oxygen atoms in total. The number of nitrogens with zero attached hydrogens (tertiary/aromatic N) is 6. The third-order valence-corrected chi connectivity index (χ3v) is 7.29. The molecule has 5 rings (SSSR count). The first-order valence-electron chi connectivity index (χ1n) is 8.82. The van der Waals surface area contributed by atoms with E-state index < -0.39 is 0 Å². The Morgan fingerprint density at radius 1 is 1.36 bits per heavy atom. The molecule has 4 aromatic heterocycles. The van der Waals surface area contributed by atoms with Crippen LogP contribution in [-0.4, -0.2) is 29.8 Å². The van der Waals surface area contributed by atoms with Gasteiger partial charge in [-0.15, -0.1) is 34.4 Å². The second-order valence-electron chi connectivity index (χ2n) is 6.47. The molecular weight excluding hydrogens is 412 g/mol. The summed E-state index contributed by atoms with van der Waals surface area (Å²) >= 11 is 4.62. The minimum atomic E-state index is -0.0289. The van der Waals surface area contributed by atoms with Crippen molar-refractivity contribution in [3.05, 3.63) is 51.7 Å². The van der Waals surface area contributed by atoms with Gasteiger partial charge in [0.15, 0.2) is 11.0 Å². The predicted octanol–water partition coefficient (Wildman–Crippen LogP) is 3.99. The van der Waals surface area contributed by atoms with Gasteiger partial charge in [-0.25, -0.2) is 9.67 Å². The molecule has 0 saturated heterocycles. The number of allylic oxidation sites excluding steroid dienone is 1. The van der Waals surface area contributed by atoms with Crippen molar-refractivity contribution in [1.29, 1.82) is 0 Å². The van der Waals surface area contributed by atoms with Crippen LogP contribution in [0.2, 0.25) is 0 Å². The van der Waals surface area contributed by atoms with Crippen LogP contribution >= 0.6 is 34.4 Å². The van der Waals surface area contributed by atoms with E-state index in [1.165, 1.54) is 23.1 Å². The number of thiophene rings is 2. The fourth-order valence-corrected chi connectivity index (χ4v) is 5.79. The van der Waals surface area contributed by atoms with Crippen LogP contribution in [-0.2, 0) is 12.3 Å². The molecule has 0 N–H and O–H groups in total. The summed E-state index contributed by atoms with van der Waals surface area (Å²) in [5.74, 6) is 1.39. The van der Waals surface area contributed by atoms with Gasteiger partial charge in [-0.05, 0) is 34.7 Å². The van der Waals surface area contributed by atoms with Crippen LogP contribution in [0.15, 0.2) is 45.5 Å². The maximum absolute atomic E-state index is 13.3. The molecule has 1 saturated carbocycles. The Kier molecular flexibility index (Phi) is 4.61. The largest absolute Gasteiger partial charge is 0.283 e. The normalized spacial score (nSPS) is 14.0. The van der Waals surface area contributed by atoms with Crippen LogP contribution < -0.4 is 5.56 Å². The summed E-state index contributed by atoms with van der Waals surface area (Å²) in [4.78, 5) is 19.9. The summed E-state index contributed by atoms with van der Waals surface area (Å²) in [6.07, 6.45) is 3.97. The van der Waals surface area contributed by atoms with Crippen molar-refractivity contribution in [2.75, 3.05) is 0 Å². The fraction of sp³-hybridized carbons (Fsp3) is 0.278. The SMILES string of the molecule is C=CCn1c(SCc2nnnn2C2CC2)nc2scc(-c3cccs3)c2c1=O. The molecule has 10 heteroatoms. The van der Waals surface area contributed by atoms with Crippen LogP contribution in [0, 0.1) is 0 Å². The number of aromatic nitrogens is 6. The van der Waals surface area contributed by atoms with Gasteiger partial charge in [0, 0.05) is 22.4 Å². The lowest BCUT2D eigenvalue weighted by atomic mass is 10.2. The van der Waals surface area contributed by atoms with E-state index in [4.69, 9.17) is 4.98 Å². The Hall–Kier alpha value is -2.30. The van der Waals surface area contributed by atoms with E-state index in [1.807, 2.05) is 27.6 Å². The molecule has 0 atom stereocenters. The molecule has 142 valence electrons. The van der Waals surface area contributed by atoms with Crippen LogP contribution in [0.5, 0.6) is 0 Å². The molecule has 4 heterocycles. The zero-order chi connectivity index (χ0) is 19.1. The summed E-state index contributed by atoms with van der Waals surface area (Å²) in [7, 11) is 0. The summed E-state index contributed by atoms with van der Waals surface area (Å²) < 4.78 is 3.58. The summed E-state index contributed by atoms with van der Waals surface area (Å²) in [5.41, 5.74) is 0.929. The minimum Gasteiger partial charge on any atom is -0.283 e. The third-order valence-electron chi connectivity index (χ3n) is 4.54. The lowest BCUT2D eigenvalue weighted by Crippen LogP contribution is -2.22. The molecular formula is C18H16N6OS3. The average Bonchev–Trinajstić information content (AvgIpc) is 3.12. The summed E-state index contributed by atoms with van der Waals surface area (Å²) in [5, 5.41) is 17.4. The fourth-order valence-electron chi connectivity index (χ4n) is 3.06. The van der Waals surface area contributed by atoms with E-state index in [2.05, 4.69) is 22.1 Å². The molecule has 0 aromatic carbocycles. The number of fused-ring (bicyclic) bond motifs is 1. The maximum Gasteiger partial charge on any atom is 0.263 e. The molecule has 4 aromatic rings. The minimum absolute atomic E-state index is 0.0289. The Balaban J connectivity index is 1.54. The summed E-state index contributed by atoms with van der Waals surface area (Å²) in [6.45, 7) is 4.22. The van der Waals surface area contributed by atoms with E-state index in [0.29, 0.717) is 28.9 Å². The van der Waals surface area contributed by atoms with Crippen molar-refractivity contribution in [2.24, 2.45) is 0 Å². The quantitative estimate of drug-likeness (QED) is 0.252. The topological polar surface area (TPSA) is 78.5 Å². The summed E-state index contributed by atoms with van der Waals surface area (Å²) in [6, 6.07) is 4.44. The van der Waals surface area contributed by atoms with E-state index in [9.17, 15) is 4.79 Å². The second-order valence-corrected chi connectivity index (χ2v) is 9.21. The van der Waals surface area contributed by atoms with E-state index in [0.717, 1.165) is 33.9 Å². The van der Waals surface area contributed by atoms with Gasteiger partial charge in [0.1, 0.15) is 4.83 Å². The number of rotatable bonds is 7. The maximum atomic E-state index is 13.3. The van der Waals surface area contributed by atoms with E-state index in [1.54, 1.807) is 22.0 Å². The van der Waals surface area contributed by atoms with Crippen molar-refractivity contribution in [2.45, 2.75) is 36.3 Å². The number of hydrogen-bond acceptors (Lipinski definition) is 8. The Labute approximate surface area is 172 Å². The number of thioether (sulfide) groups is 1. The van der Waals surface area contributed by atoms with E-state index >= 15 is 0 Å². The first-order chi connectivity index (χ1) is 13.8. The van der Waals surface area contributed by atoms with Crippen molar-refractivity contribution in [3.8, 4) is 10.4 Å². The molecule has 28 heavy (non-hydrogen) atoms. The van der Waals surface area contributed by atoms with Crippen molar-refractivity contribution < 1.29 is 0 Å². The van der Waals surface area contributed by atoms with Gasteiger partial charge in [0.05, 0.1) is 17.2 Å². The second kappa shape index (κ2) is 7.26. The highest BCUT2D eigenvalue weighted by atomic mass is 32.2. The molecule has 0 unspecified atom stereocenters. The van der Waals surface area contributed by atoms with Gasteiger partial charge in [-0.1, -0.05) is 23.9 Å². The zero-order valence-corrected chi connectivity index (χ0v) is 17.3. The van der Waals surface area contributed by atoms with Crippen LogP contribution in [0.25, 0.3) is 20.7 Å². The van der Waals surface area contributed by atoms with Crippen LogP contribution in [0.3, 0.4) is 0 Å². The first kappa shape index (κ1) is 17.8. The Morgan fingerprint density at radius 3 is 3.00 bits per heavy atom. The molecule has 1 aliphatic carbocycles.